The zero-order valence-corrected chi connectivity index (χ0v) is 15.6. The van der Waals surface area contributed by atoms with E-state index in [2.05, 4.69) is 16.7 Å². The molecule has 3 N–H and O–H groups in total. The summed E-state index contributed by atoms with van der Waals surface area (Å²) in [5, 5.41) is 17.6. The molecule has 0 aliphatic carbocycles. The Balaban J connectivity index is 1.64. The van der Waals surface area contributed by atoms with Gasteiger partial charge < -0.3 is 10.4 Å². The Bertz CT molecular complexity index is 928. The Morgan fingerprint density at radius 2 is 1.39 bits per heavy atom. The number of rotatable bonds is 5. The maximum Gasteiger partial charge on any atom is 0.237 e. The van der Waals surface area contributed by atoms with Gasteiger partial charge in [-0.3, -0.25) is 10.1 Å². The summed E-state index contributed by atoms with van der Waals surface area (Å²) in [4.78, 5) is 12.8. The van der Waals surface area contributed by atoms with Gasteiger partial charge in [-0.25, -0.2) is 0 Å². The summed E-state index contributed by atoms with van der Waals surface area (Å²) in [6, 6.07) is 26.6. The third kappa shape index (κ3) is 3.98. The van der Waals surface area contributed by atoms with E-state index in [1.54, 1.807) is 0 Å². The lowest BCUT2D eigenvalue weighted by Crippen LogP contribution is -2.46. The molecule has 0 saturated heterocycles. The van der Waals surface area contributed by atoms with Gasteiger partial charge in [-0.2, -0.15) is 0 Å². The van der Waals surface area contributed by atoms with Crippen molar-refractivity contribution in [1.29, 1.82) is 0 Å². The Morgan fingerprint density at radius 1 is 0.821 bits per heavy atom. The summed E-state index contributed by atoms with van der Waals surface area (Å²) < 4.78 is 0. The van der Waals surface area contributed by atoms with Crippen molar-refractivity contribution in [3.63, 3.8) is 0 Å². The number of carbonyl (C=O) groups excluding carboxylic acids is 1. The highest BCUT2D eigenvalue weighted by Crippen LogP contribution is 2.30. The molecule has 0 radical (unpaired) electrons. The van der Waals surface area contributed by atoms with Crippen LogP contribution in [-0.4, -0.2) is 17.1 Å². The molecule has 0 unspecified atom stereocenters. The number of aliphatic hydroxyl groups is 1. The highest BCUT2D eigenvalue weighted by molar-refractivity contribution is 5.83. The second-order valence-corrected chi connectivity index (χ2v) is 7.15. The smallest absolute Gasteiger partial charge is 0.237 e. The van der Waals surface area contributed by atoms with E-state index in [0.717, 1.165) is 22.3 Å². The molecule has 1 aliphatic rings. The fourth-order valence-electron chi connectivity index (χ4n) is 3.77. The van der Waals surface area contributed by atoms with Crippen LogP contribution in [0.25, 0.3) is 0 Å². The fourth-order valence-corrected chi connectivity index (χ4v) is 3.77. The van der Waals surface area contributed by atoms with E-state index in [4.69, 9.17) is 0 Å². The van der Waals surface area contributed by atoms with Gasteiger partial charge >= 0.3 is 0 Å². The first kappa shape index (κ1) is 18.4. The lowest BCUT2D eigenvalue weighted by Gasteiger charge is -2.29. The maximum atomic E-state index is 12.8. The van der Waals surface area contributed by atoms with E-state index >= 15 is 0 Å². The summed E-state index contributed by atoms with van der Waals surface area (Å²) in [5.74, 6) is -0.0441. The summed E-state index contributed by atoms with van der Waals surface area (Å²) in [7, 11) is 0. The Kier molecular flexibility index (Phi) is 5.51. The first-order valence-electron chi connectivity index (χ1n) is 9.61. The minimum atomic E-state index is -0.769. The SMILES string of the molecule is O=C1NCc2ccccc2C[C@H]1N[C@H](c1ccccc1)[C@@H](O)c1ccccc1. The van der Waals surface area contributed by atoms with Crippen LogP contribution in [-0.2, 0) is 17.8 Å². The average Bonchev–Trinajstić information content (AvgIpc) is 2.91. The van der Waals surface area contributed by atoms with Crippen LogP contribution in [0.3, 0.4) is 0 Å². The van der Waals surface area contributed by atoms with Crippen LogP contribution in [0.1, 0.15) is 34.4 Å². The highest BCUT2D eigenvalue weighted by Gasteiger charge is 2.30. The number of hydrogen-bond donors (Lipinski definition) is 3. The molecule has 1 aliphatic heterocycles. The quantitative estimate of drug-likeness (QED) is 0.644. The third-order valence-electron chi connectivity index (χ3n) is 5.31. The minimum Gasteiger partial charge on any atom is -0.386 e. The number of nitrogens with one attached hydrogen (secondary N) is 2. The average molecular weight is 372 g/mol. The topological polar surface area (TPSA) is 61.4 Å². The van der Waals surface area contributed by atoms with Crippen LogP contribution in [0, 0.1) is 0 Å². The van der Waals surface area contributed by atoms with E-state index in [9.17, 15) is 9.90 Å². The number of carbonyl (C=O) groups is 1. The van der Waals surface area contributed by atoms with Crippen LogP contribution < -0.4 is 10.6 Å². The number of amides is 1. The monoisotopic (exact) mass is 372 g/mol. The van der Waals surface area contributed by atoms with Crippen molar-refractivity contribution in [3.8, 4) is 0 Å². The van der Waals surface area contributed by atoms with E-state index in [1.165, 1.54) is 0 Å². The van der Waals surface area contributed by atoms with Crippen molar-refractivity contribution in [2.45, 2.75) is 31.2 Å². The van der Waals surface area contributed by atoms with Crippen LogP contribution in [0.2, 0.25) is 0 Å². The molecule has 142 valence electrons. The normalized spacial score (nSPS) is 18.5. The molecule has 0 saturated carbocycles. The predicted octanol–water partition coefficient (Wildman–Crippen LogP) is 3.29. The molecule has 1 heterocycles. The number of hydrogen-bond acceptors (Lipinski definition) is 3. The van der Waals surface area contributed by atoms with Crippen LogP contribution in [0.4, 0.5) is 0 Å². The number of benzene rings is 3. The first-order chi connectivity index (χ1) is 13.7. The summed E-state index contributed by atoms with van der Waals surface area (Å²) >= 11 is 0. The molecule has 3 atom stereocenters. The minimum absolute atomic E-state index is 0.0441. The molecule has 3 aromatic carbocycles. The van der Waals surface area contributed by atoms with Crippen molar-refractivity contribution >= 4 is 5.91 Å². The molecule has 3 aromatic rings. The van der Waals surface area contributed by atoms with E-state index in [1.807, 2.05) is 78.9 Å². The Morgan fingerprint density at radius 3 is 2.07 bits per heavy atom. The Labute approximate surface area is 165 Å². The molecule has 0 spiro atoms. The van der Waals surface area contributed by atoms with Gasteiger partial charge in [0.1, 0.15) is 0 Å². The fraction of sp³-hybridized carbons (Fsp3) is 0.208. The number of aliphatic hydroxyl groups excluding tert-OH is 1. The lowest BCUT2D eigenvalue weighted by atomic mass is 9.93. The van der Waals surface area contributed by atoms with Gasteiger partial charge in [-0.05, 0) is 28.7 Å². The van der Waals surface area contributed by atoms with Gasteiger partial charge in [0.25, 0.3) is 0 Å². The molecule has 0 aromatic heterocycles. The van der Waals surface area contributed by atoms with E-state index in [-0.39, 0.29) is 5.91 Å². The standard InChI is InChI=1S/C24H24N2O2/c27-23(18-11-5-2-6-12-18)22(17-9-3-1-4-10-17)26-21-15-19-13-7-8-14-20(19)16-25-24(21)28/h1-14,21-23,26-27H,15-16H2,(H,25,28)/t21-,22-,23+/m1/s1. The maximum absolute atomic E-state index is 12.8. The molecular formula is C24H24N2O2. The largest absolute Gasteiger partial charge is 0.386 e. The van der Waals surface area contributed by atoms with Crippen LogP contribution in [0.5, 0.6) is 0 Å². The van der Waals surface area contributed by atoms with Crippen molar-refractivity contribution in [3.05, 3.63) is 107 Å². The van der Waals surface area contributed by atoms with Crippen molar-refractivity contribution in [2.24, 2.45) is 0 Å². The molecule has 4 heteroatoms. The van der Waals surface area contributed by atoms with Gasteiger partial charge in [-0.15, -0.1) is 0 Å². The van der Waals surface area contributed by atoms with Gasteiger partial charge in [0.15, 0.2) is 0 Å². The summed E-state index contributed by atoms with van der Waals surface area (Å²) in [6.45, 7) is 0.532. The zero-order valence-electron chi connectivity index (χ0n) is 15.6. The lowest BCUT2D eigenvalue weighted by molar-refractivity contribution is -0.123. The first-order valence-corrected chi connectivity index (χ1v) is 9.61. The second-order valence-electron chi connectivity index (χ2n) is 7.15. The molecule has 1 amide bonds. The number of fused-ring (bicyclic) bond motifs is 1. The highest BCUT2D eigenvalue weighted by atomic mass is 16.3. The predicted molar refractivity (Wildman–Crippen MR) is 110 cm³/mol. The van der Waals surface area contributed by atoms with Crippen LogP contribution >= 0.6 is 0 Å². The van der Waals surface area contributed by atoms with Gasteiger partial charge in [0.05, 0.1) is 18.2 Å². The Hall–Kier alpha value is -2.95. The molecule has 0 fully saturated rings. The van der Waals surface area contributed by atoms with Crippen molar-refractivity contribution in [2.75, 3.05) is 0 Å². The second kappa shape index (κ2) is 8.38. The van der Waals surface area contributed by atoms with E-state index < -0.39 is 18.2 Å². The van der Waals surface area contributed by atoms with E-state index in [0.29, 0.717) is 13.0 Å². The van der Waals surface area contributed by atoms with Crippen molar-refractivity contribution < 1.29 is 9.90 Å². The zero-order chi connectivity index (χ0) is 19.3. The molecule has 4 rings (SSSR count). The molecule has 0 bridgehead atoms. The molecule has 4 nitrogen and oxygen atoms in total. The summed E-state index contributed by atoms with van der Waals surface area (Å²) in [6.07, 6.45) is -0.178. The molecular weight excluding hydrogens is 348 g/mol. The van der Waals surface area contributed by atoms with Gasteiger partial charge in [0, 0.05) is 6.54 Å². The summed E-state index contributed by atoms with van der Waals surface area (Å²) in [5.41, 5.74) is 4.06. The van der Waals surface area contributed by atoms with Gasteiger partial charge in [0.2, 0.25) is 5.91 Å². The van der Waals surface area contributed by atoms with Crippen LogP contribution in [0.15, 0.2) is 84.9 Å². The third-order valence-corrected chi connectivity index (χ3v) is 5.31. The van der Waals surface area contributed by atoms with Crippen molar-refractivity contribution in [1.82, 2.24) is 10.6 Å². The van der Waals surface area contributed by atoms with Gasteiger partial charge in [-0.1, -0.05) is 84.9 Å². The molecule has 28 heavy (non-hydrogen) atoms.